The van der Waals surface area contributed by atoms with E-state index >= 15 is 0 Å². The van der Waals surface area contributed by atoms with Crippen LogP contribution in [0.3, 0.4) is 0 Å². The highest BCUT2D eigenvalue weighted by Crippen LogP contribution is 2.50. The van der Waals surface area contributed by atoms with Gasteiger partial charge in [-0.05, 0) is 57.2 Å². The van der Waals surface area contributed by atoms with Crippen LogP contribution in [-0.4, -0.2) is 55.1 Å². The lowest BCUT2D eigenvalue weighted by atomic mass is 9.66. The molecule has 1 heterocycles. The van der Waals surface area contributed by atoms with E-state index < -0.39 is 11.0 Å². The second-order valence-electron chi connectivity index (χ2n) is 8.81. The summed E-state index contributed by atoms with van der Waals surface area (Å²) in [5.41, 5.74) is -0.474. The number of carbonyl (C=O) groups is 1. The van der Waals surface area contributed by atoms with E-state index in [9.17, 15) is 9.90 Å². The molecule has 1 saturated heterocycles. The smallest absolute Gasteiger partial charge is 0.409 e. The van der Waals surface area contributed by atoms with Gasteiger partial charge in [0.25, 0.3) is 0 Å². The quantitative estimate of drug-likeness (QED) is 0.823. The van der Waals surface area contributed by atoms with Crippen molar-refractivity contribution in [1.29, 1.82) is 0 Å². The van der Waals surface area contributed by atoms with Crippen molar-refractivity contribution in [1.82, 2.24) is 4.90 Å². The first-order chi connectivity index (χ1) is 13.2. The van der Waals surface area contributed by atoms with Gasteiger partial charge in [0.1, 0.15) is 0 Å². The molecule has 1 amide bonds. The van der Waals surface area contributed by atoms with Crippen molar-refractivity contribution in [3.63, 3.8) is 0 Å². The van der Waals surface area contributed by atoms with E-state index in [1.807, 2.05) is 25.1 Å². The van der Waals surface area contributed by atoms with Crippen molar-refractivity contribution in [2.24, 2.45) is 5.41 Å². The van der Waals surface area contributed by atoms with E-state index in [4.69, 9.17) is 14.2 Å². The lowest BCUT2D eigenvalue weighted by Gasteiger charge is -2.41. The van der Waals surface area contributed by atoms with Crippen molar-refractivity contribution in [3.8, 4) is 11.5 Å². The summed E-state index contributed by atoms with van der Waals surface area (Å²) in [5, 5.41) is 10.9. The molecule has 0 bridgehead atoms. The second-order valence-corrected chi connectivity index (χ2v) is 8.81. The maximum atomic E-state index is 12.2. The minimum absolute atomic E-state index is 0.0524. The largest absolute Gasteiger partial charge is 0.493 e. The maximum Gasteiger partial charge on any atom is 0.409 e. The summed E-state index contributed by atoms with van der Waals surface area (Å²) < 4.78 is 16.7. The molecule has 0 aromatic heterocycles. The van der Waals surface area contributed by atoms with E-state index in [0.29, 0.717) is 18.8 Å². The van der Waals surface area contributed by atoms with Gasteiger partial charge < -0.3 is 24.2 Å². The molecule has 1 aliphatic carbocycles. The highest BCUT2D eigenvalue weighted by Gasteiger charge is 2.53. The van der Waals surface area contributed by atoms with Gasteiger partial charge in [-0.15, -0.1) is 0 Å². The fourth-order valence-electron chi connectivity index (χ4n) is 4.54. The Balaban J connectivity index is 1.95. The molecule has 0 spiro atoms. The van der Waals surface area contributed by atoms with Crippen molar-refractivity contribution in [2.75, 3.05) is 27.3 Å². The van der Waals surface area contributed by atoms with Gasteiger partial charge in [-0.25, -0.2) is 4.79 Å². The fourth-order valence-corrected chi connectivity index (χ4v) is 4.54. The van der Waals surface area contributed by atoms with E-state index in [1.165, 1.54) is 20.0 Å². The van der Waals surface area contributed by atoms with Crippen LogP contribution >= 0.6 is 0 Å². The van der Waals surface area contributed by atoms with Gasteiger partial charge in [0.05, 0.1) is 25.9 Å². The zero-order valence-electron chi connectivity index (χ0n) is 17.7. The minimum atomic E-state index is -0.979. The van der Waals surface area contributed by atoms with Crippen LogP contribution in [0.4, 0.5) is 4.79 Å². The number of amides is 1. The SMILES string of the molecule is COC(=O)N1CC(c2ccc(OC)c(OC3CCCC3)c2)C(C)(C(C)(C)O)C1. The van der Waals surface area contributed by atoms with Crippen LogP contribution in [0.15, 0.2) is 18.2 Å². The zero-order valence-corrected chi connectivity index (χ0v) is 17.7. The Labute approximate surface area is 167 Å². The molecule has 2 aliphatic rings. The molecule has 156 valence electrons. The molecule has 1 aliphatic heterocycles. The first kappa shape index (κ1) is 20.8. The summed E-state index contributed by atoms with van der Waals surface area (Å²) in [6.07, 6.45) is 4.37. The fraction of sp³-hybridized carbons (Fsp3) is 0.682. The number of ether oxygens (including phenoxy) is 3. The number of benzene rings is 1. The van der Waals surface area contributed by atoms with Crippen LogP contribution in [0.5, 0.6) is 11.5 Å². The summed E-state index contributed by atoms with van der Waals surface area (Å²) in [4.78, 5) is 13.9. The third kappa shape index (κ3) is 3.79. The lowest BCUT2D eigenvalue weighted by molar-refractivity contribution is -0.0468. The summed E-state index contributed by atoms with van der Waals surface area (Å²) in [6.45, 7) is 6.56. The molecule has 6 heteroatoms. The van der Waals surface area contributed by atoms with E-state index in [0.717, 1.165) is 24.2 Å². The minimum Gasteiger partial charge on any atom is -0.493 e. The van der Waals surface area contributed by atoms with Crippen molar-refractivity contribution < 1.29 is 24.1 Å². The molecule has 1 N–H and O–H groups in total. The summed E-state index contributed by atoms with van der Waals surface area (Å²) >= 11 is 0. The van der Waals surface area contributed by atoms with Gasteiger partial charge in [-0.1, -0.05) is 13.0 Å². The van der Waals surface area contributed by atoms with E-state index in [-0.39, 0.29) is 18.1 Å². The van der Waals surface area contributed by atoms with Gasteiger partial charge in [-0.3, -0.25) is 0 Å². The third-order valence-corrected chi connectivity index (χ3v) is 6.71. The summed E-state index contributed by atoms with van der Waals surface area (Å²) in [6, 6.07) is 5.95. The Morgan fingerprint density at radius 3 is 2.46 bits per heavy atom. The molecule has 0 radical (unpaired) electrons. The standard InChI is InChI=1S/C22H33NO5/c1-21(2,25)22(3)14-23(20(24)27-5)13-17(22)15-10-11-18(26-4)19(12-15)28-16-8-6-7-9-16/h10-12,16-17,25H,6-9,13-14H2,1-5H3. The lowest BCUT2D eigenvalue weighted by Crippen LogP contribution is -2.46. The molecular formula is C22H33NO5. The number of likely N-dealkylation sites (tertiary alicyclic amines) is 1. The van der Waals surface area contributed by atoms with Crippen LogP contribution in [0.1, 0.15) is 57.9 Å². The highest BCUT2D eigenvalue weighted by atomic mass is 16.5. The highest BCUT2D eigenvalue weighted by molar-refractivity contribution is 5.68. The average molecular weight is 392 g/mol. The van der Waals surface area contributed by atoms with Crippen LogP contribution in [0.2, 0.25) is 0 Å². The monoisotopic (exact) mass is 391 g/mol. The molecule has 28 heavy (non-hydrogen) atoms. The van der Waals surface area contributed by atoms with Gasteiger partial charge in [0.15, 0.2) is 11.5 Å². The molecule has 3 rings (SSSR count). The number of hydrogen-bond donors (Lipinski definition) is 1. The Morgan fingerprint density at radius 2 is 1.89 bits per heavy atom. The maximum absolute atomic E-state index is 12.2. The molecule has 6 nitrogen and oxygen atoms in total. The van der Waals surface area contributed by atoms with Crippen molar-refractivity contribution >= 4 is 6.09 Å². The van der Waals surface area contributed by atoms with Gasteiger partial charge >= 0.3 is 6.09 Å². The van der Waals surface area contributed by atoms with Crippen molar-refractivity contribution in [2.45, 2.75) is 64.1 Å². The van der Waals surface area contributed by atoms with E-state index in [2.05, 4.69) is 0 Å². The second kappa shape index (κ2) is 7.82. The normalized spacial score (nSPS) is 25.8. The molecular weight excluding hydrogens is 358 g/mol. The number of aliphatic hydroxyl groups is 1. The first-order valence-electron chi connectivity index (χ1n) is 10.1. The molecule has 1 saturated carbocycles. The first-order valence-corrected chi connectivity index (χ1v) is 10.1. The van der Waals surface area contributed by atoms with Crippen LogP contribution < -0.4 is 9.47 Å². The number of methoxy groups -OCH3 is 2. The topological polar surface area (TPSA) is 68.2 Å². The number of rotatable bonds is 5. The van der Waals surface area contributed by atoms with Gasteiger partial charge in [-0.2, -0.15) is 0 Å². The summed E-state index contributed by atoms with van der Waals surface area (Å²) in [7, 11) is 3.03. The van der Waals surface area contributed by atoms with Crippen LogP contribution in [-0.2, 0) is 4.74 Å². The van der Waals surface area contributed by atoms with Crippen LogP contribution in [0, 0.1) is 5.41 Å². The predicted molar refractivity (Wildman–Crippen MR) is 107 cm³/mol. The molecule has 2 atom stereocenters. The Kier molecular flexibility index (Phi) is 5.80. The average Bonchev–Trinajstić information content (AvgIpc) is 3.29. The third-order valence-electron chi connectivity index (χ3n) is 6.71. The predicted octanol–water partition coefficient (Wildman–Crippen LogP) is 3.96. The Bertz CT molecular complexity index is 707. The molecule has 2 unspecified atom stereocenters. The number of hydrogen-bond acceptors (Lipinski definition) is 5. The Morgan fingerprint density at radius 1 is 1.21 bits per heavy atom. The van der Waals surface area contributed by atoms with Crippen LogP contribution in [0.25, 0.3) is 0 Å². The summed E-state index contributed by atoms with van der Waals surface area (Å²) in [5.74, 6) is 1.40. The van der Waals surface area contributed by atoms with Crippen molar-refractivity contribution in [3.05, 3.63) is 23.8 Å². The zero-order chi connectivity index (χ0) is 20.5. The molecule has 1 aromatic carbocycles. The molecule has 1 aromatic rings. The molecule has 2 fully saturated rings. The van der Waals surface area contributed by atoms with Gasteiger partial charge in [0, 0.05) is 24.4 Å². The number of carbonyl (C=O) groups excluding carboxylic acids is 1. The van der Waals surface area contributed by atoms with Gasteiger partial charge in [0.2, 0.25) is 0 Å². The number of nitrogens with zero attached hydrogens (tertiary/aromatic N) is 1. The Hall–Kier alpha value is -1.95. The van der Waals surface area contributed by atoms with E-state index in [1.54, 1.807) is 25.9 Å².